The lowest BCUT2D eigenvalue weighted by Crippen LogP contribution is -2.33. The minimum atomic E-state index is -0.424. The summed E-state index contributed by atoms with van der Waals surface area (Å²) in [6.45, 7) is 1.48. The Bertz CT molecular complexity index is 1370. The van der Waals surface area contributed by atoms with E-state index in [1.54, 1.807) is 21.3 Å². The highest BCUT2D eigenvalue weighted by atomic mass is 16.5. The van der Waals surface area contributed by atoms with Crippen LogP contribution >= 0.6 is 0 Å². The third kappa shape index (κ3) is 4.77. The van der Waals surface area contributed by atoms with Gasteiger partial charge in [0, 0.05) is 30.6 Å². The molecule has 8 nitrogen and oxygen atoms in total. The van der Waals surface area contributed by atoms with Gasteiger partial charge >= 0.3 is 0 Å². The number of rotatable bonds is 6. The third-order valence-electron chi connectivity index (χ3n) is 7.04. The molecular weight excluding hydrogens is 482 g/mol. The summed E-state index contributed by atoms with van der Waals surface area (Å²) in [6, 6.07) is 19.1. The Hall–Kier alpha value is -4.46. The normalized spacial score (nSPS) is 19.9. The van der Waals surface area contributed by atoms with Crippen LogP contribution in [0.15, 0.2) is 72.4 Å². The Labute approximate surface area is 222 Å². The van der Waals surface area contributed by atoms with Crippen LogP contribution in [0.4, 0.5) is 17.1 Å². The van der Waals surface area contributed by atoms with Gasteiger partial charge in [-0.3, -0.25) is 9.59 Å². The van der Waals surface area contributed by atoms with Crippen LogP contribution in [0.5, 0.6) is 17.2 Å². The molecule has 1 amide bonds. The SMILES string of the molecule is COc1cc(C2C=C3Nc4ccccc4NC(c4ccc(NC(C)=O)cc4)C3C(=O)C2)cc(OC)c1OC. The number of Topliss-reactive ketones (excluding diaryl/α,β-unsaturated/α-hetero) is 1. The maximum absolute atomic E-state index is 13.9. The van der Waals surface area contributed by atoms with Gasteiger partial charge in [0.05, 0.1) is 44.7 Å². The fourth-order valence-electron chi connectivity index (χ4n) is 5.29. The number of nitrogens with one attached hydrogen (secondary N) is 3. The lowest BCUT2D eigenvalue weighted by atomic mass is 9.76. The first-order valence-electron chi connectivity index (χ1n) is 12.5. The molecule has 0 fully saturated rings. The Morgan fingerprint density at radius 3 is 2.16 bits per heavy atom. The summed E-state index contributed by atoms with van der Waals surface area (Å²) in [5.41, 5.74) is 5.22. The zero-order chi connectivity index (χ0) is 26.8. The number of fused-ring (bicyclic) bond motifs is 2. The molecule has 1 aliphatic carbocycles. The van der Waals surface area contributed by atoms with Crippen LogP contribution in [-0.2, 0) is 9.59 Å². The summed E-state index contributed by atoms with van der Waals surface area (Å²) in [7, 11) is 4.73. The van der Waals surface area contributed by atoms with Crippen molar-refractivity contribution >= 4 is 28.8 Å². The monoisotopic (exact) mass is 513 g/mol. The number of ether oxygens (including phenoxy) is 3. The molecule has 1 aliphatic heterocycles. The molecule has 0 spiro atoms. The van der Waals surface area contributed by atoms with Crippen LogP contribution in [0.1, 0.15) is 36.4 Å². The molecule has 2 aliphatic rings. The fourth-order valence-corrected chi connectivity index (χ4v) is 5.29. The number of allylic oxidation sites excluding steroid dienone is 1. The van der Waals surface area contributed by atoms with Gasteiger partial charge in [0.2, 0.25) is 11.7 Å². The number of ketones is 1. The van der Waals surface area contributed by atoms with Crippen LogP contribution < -0.4 is 30.2 Å². The number of methoxy groups -OCH3 is 3. The predicted molar refractivity (Wildman–Crippen MR) is 147 cm³/mol. The highest BCUT2D eigenvalue weighted by Crippen LogP contribution is 2.47. The molecule has 0 bridgehead atoms. The van der Waals surface area contributed by atoms with E-state index in [4.69, 9.17) is 14.2 Å². The first-order valence-corrected chi connectivity index (χ1v) is 12.5. The van der Waals surface area contributed by atoms with E-state index in [0.29, 0.717) is 29.4 Å². The first kappa shape index (κ1) is 25.2. The summed E-state index contributed by atoms with van der Waals surface area (Å²) >= 11 is 0. The van der Waals surface area contributed by atoms with E-state index in [2.05, 4.69) is 22.0 Å². The molecule has 1 heterocycles. The smallest absolute Gasteiger partial charge is 0.221 e. The molecular formula is C30H31N3O5. The highest BCUT2D eigenvalue weighted by Gasteiger charge is 2.40. The predicted octanol–water partition coefficient (Wildman–Crippen LogP) is 5.51. The van der Waals surface area contributed by atoms with Gasteiger partial charge in [-0.2, -0.15) is 0 Å². The number of hydrogen-bond acceptors (Lipinski definition) is 7. The second-order valence-electron chi connectivity index (χ2n) is 9.43. The average Bonchev–Trinajstić information content (AvgIpc) is 3.09. The van der Waals surface area contributed by atoms with Crippen molar-refractivity contribution in [3.63, 3.8) is 0 Å². The quantitative estimate of drug-likeness (QED) is 0.400. The summed E-state index contributed by atoms with van der Waals surface area (Å²) < 4.78 is 16.6. The molecule has 38 heavy (non-hydrogen) atoms. The minimum absolute atomic E-state index is 0.116. The molecule has 196 valence electrons. The van der Waals surface area contributed by atoms with E-state index in [1.807, 2.05) is 60.7 Å². The van der Waals surface area contributed by atoms with Crippen molar-refractivity contribution in [2.24, 2.45) is 5.92 Å². The van der Waals surface area contributed by atoms with Gasteiger partial charge < -0.3 is 30.2 Å². The maximum atomic E-state index is 13.9. The fraction of sp³-hybridized carbons (Fsp3) is 0.267. The van der Waals surface area contributed by atoms with Crippen molar-refractivity contribution in [2.75, 3.05) is 37.3 Å². The van der Waals surface area contributed by atoms with Gasteiger partial charge in [-0.05, 0) is 47.5 Å². The van der Waals surface area contributed by atoms with Crippen molar-refractivity contribution in [2.45, 2.75) is 25.3 Å². The van der Waals surface area contributed by atoms with Gasteiger partial charge in [-0.25, -0.2) is 0 Å². The van der Waals surface area contributed by atoms with Crippen molar-refractivity contribution in [3.05, 3.63) is 83.6 Å². The Kier molecular flexibility index (Phi) is 6.96. The van der Waals surface area contributed by atoms with Crippen LogP contribution in [0, 0.1) is 5.92 Å². The van der Waals surface area contributed by atoms with Crippen LogP contribution in [0.3, 0.4) is 0 Å². The molecule has 3 aromatic rings. The summed E-state index contributed by atoms with van der Waals surface area (Å²) in [6.07, 6.45) is 2.46. The van der Waals surface area contributed by atoms with Gasteiger partial charge in [0.1, 0.15) is 5.78 Å². The zero-order valence-corrected chi connectivity index (χ0v) is 21.8. The second kappa shape index (κ2) is 10.5. The second-order valence-corrected chi connectivity index (χ2v) is 9.43. The van der Waals surface area contributed by atoms with E-state index in [9.17, 15) is 9.59 Å². The molecule has 0 radical (unpaired) electrons. The highest BCUT2D eigenvalue weighted by molar-refractivity contribution is 5.91. The average molecular weight is 514 g/mol. The van der Waals surface area contributed by atoms with E-state index in [1.165, 1.54) is 6.92 Å². The van der Waals surface area contributed by atoms with E-state index >= 15 is 0 Å². The molecule has 0 saturated heterocycles. The van der Waals surface area contributed by atoms with E-state index in [0.717, 1.165) is 28.2 Å². The summed E-state index contributed by atoms with van der Waals surface area (Å²) in [4.78, 5) is 25.4. The number of carbonyl (C=O) groups is 2. The zero-order valence-electron chi connectivity index (χ0n) is 21.8. The van der Waals surface area contributed by atoms with Crippen molar-refractivity contribution in [1.82, 2.24) is 0 Å². The Balaban J connectivity index is 1.58. The molecule has 0 saturated carbocycles. The van der Waals surface area contributed by atoms with Crippen molar-refractivity contribution in [1.29, 1.82) is 0 Å². The van der Waals surface area contributed by atoms with Crippen LogP contribution in [-0.4, -0.2) is 33.0 Å². The van der Waals surface area contributed by atoms with Crippen LogP contribution in [0.2, 0.25) is 0 Å². The maximum Gasteiger partial charge on any atom is 0.221 e. The molecule has 3 N–H and O–H groups in total. The molecule has 0 aromatic heterocycles. The molecule has 3 atom stereocenters. The molecule has 3 unspecified atom stereocenters. The molecule has 3 aromatic carbocycles. The van der Waals surface area contributed by atoms with Gasteiger partial charge in [-0.1, -0.05) is 30.3 Å². The minimum Gasteiger partial charge on any atom is -0.493 e. The number of amides is 1. The summed E-state index contributed by atoms with van der Waals surface area (Å²) in [5.74, 6) is 0.995. The topological polar surface area (TPSA) is 97.9 Å². The Morgan fingerprint density at radius 2 is 1.55 bits per heavy atom. The number of carbonyl (C=O) groups excluding carboxylic acids is 2. The van der Waals surface area contributed by atoms with E-state index in [-0.39, 0.29) is 23.7 Å². The molecule has 8 heteroatoms. The van der Waals surface area contributed by atoms with Crippen LogP contribution in [0.25, 0.3) is 0 Å². The lowest BCUT2D eigenvalue weighted by Gasteiger charge is -2.32. The van der Waals surface area contributed by atoms with Crippen molar-refractivity contribution < 1.29 is 23.8 Å². The largest absolute Gasteiger partial charge is 0.493 e. The number of hydrogen-bond donors (Lipinski definition) is 3. The van der Waals surface area contributed by atoms with Gasteiger partial charge in [0.25, 0.3) is 0 Å². The lowest BCUT2D eigenvalue weighted by molar-refractivity contribution is -0.122. The number of anilines is 3. The third-order valence-corrected chi connectivity index (χ3v) is 7.04. The standard InChI is InChI=1S/C30H31N3O5/c1-17(34)31-21-11-9-18(10-12-21)29-28-24(32-22-7-5-6-8-23(22)33-29)13-19(14-25(28)35)20-15-26(36-2)30(38-4)27(16-20)37-3/h5-13,15-16,19,28-29,32-33H,14H2,1-4H3,(H,31,34). The molecule has 5 rings (SSSR count). The number of para-hydroxylation sites is 2. The van der Waals surface area contributed by atoms with Gasteiger partial charge in [-0.15, -0.1) is 0 Å². The Morgan fingerprint density at radius 1 is 0.895 bits per heavy atom. The first-order chi connectivity index (χ1) is 18.4. The summed E-state index contributed by atoms with van der Waals surface area (Å²) in [5, 5.41) is 9.95. The van der Waals surface area contributed by atoms with E-state index < -0.39 is 5.92 Å². The van der Waals surface area contributed by atoms with Crippen molar-refractivity contribution in [3.8, 4) is 17.2 Å². The van der Waals surface area contributed by atoms with Gasteiger partial charge in [0.15, 0.2) is 11.5 Å². The number of benzene rings is 3.